The van der Waals surface area contributed by atoms with E-state index in [9.17, 15) is 9.59 Å². The van der Waals surface area contributed by atoms with Gasteiger partial charge in [0.25, 0.3) is 0 Å². The first-order chi connectivity index (χ1) is 8.08. The second-order valence-corrected chi connectivity index (χ2v) is 4.86. The molecule has 1 heterocycles. The van der Waals surface area contributed by atoms with Crippen molar-refractivity contribution in [3.05, 3.63) is 0 Å². The van der Waals surface area contributed by atoms with Gasteiger partial charge in [-0.2, -0.15) is 0 Å². The first kappa shape index (κ1) is 12.3. The van der Waals surface area contributed by atoms with Crippen LogP contribution in [0.4, 0.5) is 0 Å². The van der Waals surface area contributed by atoms with Crippen LogP contribution in [0.15, 0.2) is 0 Å². The minimum Gasteiger partial charge on any atom is -0.481 e. The summed E-state index contributed by atoms with van der Waals surface area (Å²) in [7, 11) is 0. The lowest BCUT2D eigenvalue weighted by Crippen LogP contribution is -2.46. The average Bonchev–Trinajstić information content (AvgIpc) is 3.00. The van der Waals surface area contributed by atoms with Crippen LogP contribution in [0.25, 0.3) is 0 Å². The van der Waals surface area contributed by atoms with Gasteiger partial charge in [-0.3, -0.25) is 9.59 Å². The highest BCUT2D eigenvalue weighted by Gasteiger charge is 2.37. The molecule has 3 atom stereocenters. The second-order valence-electron chi connectivity index (χ2n) is 4.86. The molecular formula is C11H18N2O4. The van der Waals surface area contributed by atoms with Crippen LogP contribution >= 0.6 is 0 Å². The number of ether oxygens (including phenoxy) is 1. The highest BCUT2D eigenvalue weighted by molar-refractivity contribution is 5.81. The van der Waals surface area contributed by atoms with Gasteiger partial charge in [0.2, 0.25) is 5.91 Å². The highest BCUT2D eigenvalue weighted by atomic mass is 16.5. The largest absolute Gasteiger partial charge is 0.481 e. The van der Waals surface area contributed by atoms with E-state index in [0.29, 0.717) is 19.1 Å². The summed E-state index contributed by atoms with van der Waals surface area (Å²) in [6.45, 7) is 0.725. The molecular weight excluding hydrogens is 224 g/mol. The van der Waals surface area contributed by atoms with E-state index in [2.05, 4.69) is 5.32 Å². The summed E-state index contributed by atoms with van der Waals surface area (Å²) < 4.78 is 5.13. The smallest absolute Gasteiger partial charge is 0.305 e. The van der Waals surface area contributed by atoms with Gasteiger partial charge in [0.1, 0.15) is 0 Å². The van der Waals surface area contributed by atoms with Crippen LogP contribution in [0.3, 0.4) is 0 Å². The molecule has 0 radical (unpaired) electrons. The summed E-state index contributed by atoms with van der Waals surface area (Å²) in [5.41, 5.74) is 5.75. The van der Waals surface area contributed by atoms with Crippen LogP contribution in [0, 0.1) is 11.8 Å². The maximum atomic E-state index is 11.9. The number of carboxylic acid groups (broad SMARTS) is 1. The van der Waals surface area contributed by atoms with Crippen LogP contribution in [-0.2, 0) is 14.3 Å². The average molecular weight is 242 g/mol. The normalized spacial score (nSPS) is 29.9. The monoisotopic (exact) mass is 242 g/mol. The molecule has 0 aromatic rings. The van der Waals surface area contributed by atoms with Gasteiger partial charge in [0, 0.05) is 12.1 Å². The van der Waals surface area contributed by atoms with Crippen LogP contribution in [0.2, 0.25) is 0 Å². The summed E-state index contributed by atoms with van der Waals surface area (Å²) in [5.74, 6) is -1.08. The molecule has 2 rings (SSSR count). The molecule has 1 aliphatic carbocycles. The molecule has 1 amide bonds. The second kappa shape index (κ2) is 5.01. The van der Waals surface area contributed by atoms with E-state index < -0.39 is 5.97 Å². The van der Waals surface area contributed by atoms with E-state index >= 15 is 0 Å². The van der Waals surface area contributed by atoms with E-state index in [4.69, 9.17) is 15.6 Å². The first-order valence-electron chi connectivity index (χ1n) is 5.93. The van der Waals surface area contributed by atoms with Crippen LogP contribution < -0.4 is 11.1 Å². The van der Waals surface area contributed by atoms with Crippen LogP contribution in [0.5, 0.6) is 0 Å². The zero-order chi connectivity index (χ0) is 12.4. The van der Waals surface area contributed by atoms with E-state index in [0.717, 1.165) is 12.8 Å². The highest BCUT2D eigenvalue weighted by Crippen LogP contribution is 2.34. The fourth-order valence-electron chi connectivity index (χ4n) is 2.15. The topological polar surface area (TPSA) is 102 Å². The van der Waals surface area contributed by atoms with Gasteiger partial charge >= 0.3 is 5.97 Å². The predicted molar refractivity (Wildman–Crippen MR) is 59.2 cm³/mol. The van der Waals surface area contributed by atoms with Gasteiger partial charge in [0.15, 0.2) is 0 Å². The Hall–Kier alpha value is -1.14. The third-order valence-electron chi connectivity index (χ3n) is 3.37. The van der Waals surface area contributed by atoms with Crippen molar-refractivity contribution in [3.8, 4) is 0 Å². The number of rotatable bonds is 5. The summed E-state index contributed by atoms with van der Waals surface area (Å²) in [6, 6.07) is -0.535. The van der Waals surface area contributed by atoms with Crippen molar-refractivity contribution in [2.24, 2.45) is 17.6 Å². The Morgan fingerprint density at radius 1 is 1.41 bits per heavy atom. The van der Waals surface area contributed by atoms with Crippen molar-refractivity contribution in [3.63, 3.8) is 0 Å². The van der Waals surface area contributed by atoms with Crippen molar-refractivity contribution in [2.45, 2.75) is 31.3 Å². The number of carbonyl (C=O) groups excluding carboxylic acids is 1. The standard InChI is InChI=1S/C11H18N2O4/c12-8-5-17-4-7(8)11(16)13-9(3-10(14)15)6-1-2-6/h6-9H,1-5,12H2,(H,13,16)(H,14,15). The van der Waals surface area contributed by atoms with Crippen molar-refractivity contribution >= 4 is 11.9 Å². The summed E-state index contributed by atoms with van der Waals surface area (Å²) in [6.07, 6.45) is 1.97. The quantitative estimate of drug-likeness (QED) is 0.593. The van der Waals surface area contributed by atoms with E-state index in [1.165, 1.54) is 0 Å². The minimum atomic E-state index is -0.880. The molecule has 96 valence electrons. The van der Waals surface area contributed by atoms with Gasteiger partial charge in [-0.25, -0.2) is 0 Å². The number of nitrogens with two attached hydrogens (primary N) is 1. The molecule has 4 N–H and O–H groups in total. The van der Waals surface area contributed by atoms with Gasteiger partial charge < -0.3 is 20.9 Å². The van der Waals surface area contributed by atoms with Gasteiger partial charge in [0.05, 0.1) is 25.6 Å². The van der Waals surface area contributed by atoms with E-state index in [1.54, 1.807) is 0 Å². The molecule has 0 bridgehead atoms. The molecule has 1 saturated heterocycles. The van der Waals surface area contributed by atoms with E-state index in [1.807, 2.05) is 0 Å². The minimum absolute atomic E-state index is 0.0147. The van der Waals surface area contributed by atoms with Crippen molar-refractivity contribution in [2.75, 3.05) is 13.2 Å². The Balaban J connectivity index is 1.88. The molecule has 1 aliphatic heterocycles. The lowest BCUT2D eigenvalue weighted by molar-refractivity contribution is -0.138. The van der Waals surface area contributed by atoms with Gasteiger partial charge in [-0.1, -0.05) is 0 Å². The number of hydrogen-bond donors (Lipinski definition) is 3. The molecule has 0 spiro atoms. The maximum absolute atomic E-state index is 11.9. The number of hydrogen-bond acceptors (Lipinski definition) is 4. The number of nitrogens with one attached hydrogen (secondary N) is 1. The Morgan fingerprint density at radius 2 is 2.12 bits per heavy atom. The predicted octanol–water partition coefficient (Wildman–Crippen LogP) is -0.670. The van der Waals surface area contributed by atoms with Crippen molar-refractivity contribution < 1.29 is 19.4 Å². The number of amides is 1. The fraction of sp³-hybridized carbons (Fsp3) is 0.818. The maximum Gasteiger partial charge on any atom is 0.305 e. The molecule has 6 nitrogen and oxygen atoms in total. The molecule has 1 saturated carbocycles. The lowest BCUT2D eigenvalue weighted by Gasteiger charge is -2.20. The lowest BCUT2D eigenvalue weighted by atomic mass is 10.0. The number of aliphatic carboxylic acids is 1. The van der Waals surface area contributed by atoms with Crippen LogP contribution in [0.1, 0.15) is 19.3 Å². The summed E-state index contributed by atoms with van der Waals surface area (Å²) in [4.78, 5) is 22.6. The molecule has 17 heavy (non-hydrogen) atoms. The molecule has 6 heteroatoms. The number of carbonyl (C=O) groups is 2. The summed E-state index contributed by atoms with van der Waals surface area (Å²) in [5, 5.41) is 11.6. The third-order valence-corrected chi connectivity index (χ3v) is 3.37. The zero-order valence-electron chi connectivity index (χ0n) is 9.59. The molecule has 2 aliphatic rings. The molecule has 0 aromatic heterocycles. The molecule has 3 unspecified atom stereocenters. The third kappa shape index (κ3) is 3.17. The fourth-order valence-corrected chi connectivity index (χ4v) is 2.15. The van der Waals surface area contributed by atoms with Crippen molar-refractivity contribution in [1.82, 2.24) is 5.32 Å². The van der Waals surface area contributed by atoms with E-state index in [-0.39, 0.29) is 30.3 Å². The van der Waals surface area contributed by atoms with Crippen LogP contribution in [-0.4, -0.2) is 42.3 Å². The van der Waals surface area contributed by atoms with Crippen molar-refractivity contribution in [1.29, 1.82) is 0 Å². The first-order valence-corrected chi connectivity index (χ1v) is 5.93. The Morgan fingerprint density at radius 3 is 2.59 bits per heavy atom. The Bertz CT molecular complexity index is 317. The van der Waals surface area contributed by atoms with Gasteiger partial charge in [-0.15, -0.1) is 0 Å². The Kier molecular flexibility index (Phi) is 3.63. The van der Waals surface area contributed by atoms with Gasteiger partial charge in [-0.05, 0) is 18.8 Å². The molecule has 0 aromatic carbocycles. The zero-order valence-corrected chi connectivity index (χ0v) is 9.59. The summed E-state index contributed by atoms with van der Waals surface area (Å²) >= 11 is 0. The Labute approximate surface area is 99.5 Å². The SMILES string of the molecule is NC1COCC1C(=O)NC(CC(=O)O)C1CC1. The number of carboxylic acids is 1. The molecule has 2 fully saturated rings.